The van der Waals surface area contributed by atoms with Crippen LogP contribution in [0.3, 0.4) is 0 Å². The Bertz CT molecular complexity index is 2650. The van der Waals surface area contributed by atoms with Gasteiger partial charge in [0.2, 0.25) is 0 Å². The Labute approximate surface area is 278 Å². The molecule has 0 spiro atoms. The lowest BCUT2D eigenvalue weighted by atomic mass is 9.95. The molecule has 0 amide bonds. The summed E-state index contributed by atoms with van der Waals surface area (Å²) in [4.78, 5) is 0. The molecule has 2 aromatic heterocycles. The molecule has 0 fully saturated rings. The Balaban J connectivity index is 1.23. The molecular weight excluding hydrogens is 585 g/mol. The Morgan fingerprint density at radius 3 is 1.94 bits per heavy atom. The molecule has 0 saturated carbocycles. The topological polar surface area (TPSA) is 57.4 Å². The van der Waals surface area contributed by atoms with E-state index in [4.69, 9.17) is 0 Å². The first-order valence-electron chi connectivity index (χ1n) is 16.2. The molecule has 48 heavy (non-hydrogen) atoms. The van der Waals surface area contributed by atoms with Crippen LogP contribution in [0.5, 0.6) is 0 Å². The highest BCUT2D eigenvalue weighted by Gasteiger charge is 2.24. The molecule has 0 bridgehead atoms. The van der Waals surface area contributed by atoms with Gasteiger partial charge in [0.05, 0.1) is 39.4 Å². The van der Waals surface area contributed by atoms with Crippen molar-refractivity contribution in [3.8, 4) is 45.8 Å². The summed E-state index contributed by atoms with van der Waals surface area (Å²) in [6.45, 7) is 0. The number of aryl methyl sites for hydroxylation is 1. The average molecular weight is 613 g/mol. The molecule has 4 nitrogen and oxygen atoms in total. The van der Waals surface area contributed by atoms with Crippen LogP contribution in [0.1, 0.15) is 28.8 Å². The molecule has 224 valence electrons. The van der Waals surface area contributed by atoms with E-state index in [0.29, 0.717) is 11.1 Å². The van der Waals surface area contributed by atoms with Gasteiger partial charge in [-0.1, -0.05) is 91.0 Å². The Hall–Kier alpha value is -6.62. The molecule has 1 aliphatic rings. The second-order valence-electron chi connectivity index (χ2n) is 12.3. The zero-order valence-electron chi connectivity index (χ0n) is 26.1. The Morgan fingerprint density at radius 1 is 0.542 bits per heavy atom. The minimum absolute atomic E-state index is 0.590. The molecule has 1 aliphatic carbocycles. The van der Waals surface area contributed by atoms with E-state index in [9.17, 15) is 10.5 Å². The number of nitrogens with zero attached hydrogens (tertiary/aromatic N) is 4. The molecule has 2 heterocycles. The standard InChI is InChI=1S/C44H28N4/c45-27-32-14-10-24-42-43(32)38-19-3-6-23-41(38)48(42)44-33(28-46)15-9-20-35(44)31-13-7-11-29(25-31)30-12-8-16-34(26-30)47-39-21-4-1-17-36(39)37-18-2-5-22-40(37)47/h1-2,4-18,20-26H,3,19H2. The first-order valence-corrected chi connectivity index (χ1v) is 16.2. The molecule has 6 aromatic carbocycles. The SMILES string of the molecule is N#Cc1cccc(-c2cccc(-c3cccc(-n4c5ccccc5c5ccccc54)c3)c2)c1-n1c2c(c3c(C#N)cccc31)CCC=C2. The Kier molecular flexibility index (Phi) is 6.35. The van der Waals surface area contributed by atoms with Crippen molar-refractivity contribution in [2.24, 2.45) is 0 Å². The fraction of sp³-hybridized carbons (Fsp3) is 0.0455. The minimum Gasteiger partial charge on any atom is -0.309 e. The van der Waals surface area contributed by atoms with Crippen LogP contribution in [0.15, 0.2) is 140 Å². The summed E-state index contributed by atoms with van der Waals surface area (Å²) < 4.78 is 4.54. The summed E-state index contributed by atoms with van der Waals surface area (Å²) in [5.74, 6) is 0. The summed E-state index contributed by atoms with van der Waals surface area (Å²) in [7, 11) is 0. The van der Waals surface area contributed by atoms with Crippen molar-refractivity contribution < 1.29 is 0 Å². The smallest absolute Gasteiger partial charge is 0.101 e. The highest BCUT2D eigenvalue weighted by atomic mass is 15.0. The molecule has 0 radical (unpaired) electrons. The van der Waals surface area contributed by atoms with Crippen molar-refractivity contribution in [1.29, 1.82) is 10.5 Å². The van der Waals surface area contributed by atoms with Gasteiger partial charge in [-0.05, 0) is 89.7 Å². The lowest BCUT2D eigenvalue weighted by molar-refractivity contribution is 0.967. The number of rotatable bonds is 4. The van der Waals surface area contributed by atoms with Crippen LogP contribution < -0.4 is 0 Å². The third kappa shape index (κ3) is 4.14. The van der Waals surface area contributed by atoms with E-state index >= 15 is 0 Å². The number of hydrogen-bond donors (Lipinski definition) is 0. The second-order valence-corrected chi connectivity index (χ2v) is 12.3. The van der Waals surface area contributed by atoms with Gasteiger partial charge in [-0.15, -0.1) is 0 Å². The summed E-state index contributed by atoms with van der Waals surface area (Å²) in [6.07, 6.45) is 6.11. The molecule has 0 aliphatic heterocycles. The van der Waals surface area contributed by atoms with E-state index in [2.05, 4.69) is 143 Å². The molecule has 0 atom stereocenters. The predicted octanol–water partition coefficient (Wildman–Crippen LogP) is 10.8. The van der Waals surface area contributed by atoms with Gasteiger partial charge in [-0.25, -0.2) is 0 Å². The fourth-order valence-electron chi connectivity index (χ4n) is 7.62. The zero-order valence-corrected chi connectivity index (χ0v) is 26.1. The highest BCUT2D eigenvalue weighted by Crippen LogP contribution is 2.41. The number of benzene rings is 6. The van der Waals surface area contributed by atoms with Crippen molar-refractivity contribution in [2.45, 2.75) is 12.8 Å². The van der Waals surface area contributed by atoms with E-state index in [1.165, 1.54) is 27.4 Å². The Morgan fingerprint density at radius 2 is 1.17 bits per heavy atom. The van der Waals surface area contributed by atoms with Gasteiger partial charge in [-0.2, -0.15) is 10.5 Å². The van der Waals surface area contributed by atoms with Gasteiger partial charge in [0.15, 0.2) is 0 Å². The molecule has 0 N–H and O–H groups in total. The number of nitriles is 2. The molecule has 4 heteroatoms. The number of allylic oxidation sites excluding steroid dienone is 1. The van der Waals surface area contributed by atoms with Crippen LogP contribution in [0.2, 0.25) is 0 Å². The van der Waals surface area contributed by atoms with Gasteiger partial charge in [0, 0.05) is 33.1 Å². The summed E-state index contributed by atoms with van der Waals surface area (Å²) in [5, 5.41) is 23.9. The van der Waals surface area contributed by atoms with Gasteiger partial charge >= 0.3 is 0 Å². The minimum atomic E-state index is 0.590. The van der Waals surface area contributed by atoms with Gasteiger partial charge in [0.25, 0.3) is 0 Å². The van der Waals surface area contributed by atoms with E-state index in [0.717, 1.165) is 63.1 Å². The average Bonchev–Trinajstić information content (AvgIpc) is 3.67. The van der Waals surface area contributed by atoms with Crippen molar-refractivity contribution in [1.82, 2.24) is 9.13 Å². The van der Waals surface area contributed by atoms with Crippen LogP contribution >= 0.6 is 0 Å². The maximum atomic E-state index is 10.4. The molecule has 0 saturated heterocycles. The first kappa shape index (κ1) is 27.7. The van der Waals surface area contributed by atoms with E-state index < -0.39 is 0 Å². The fourth-order valence-corrected chi connectivity index (χ4v) is 7.62. The van der Waals surface area contributed by atoms with Crippen molar-refractivity contribution in [2.75, 3.05) is 0 Å². The largest absolute Gasteiger partial charge is 0.309 e. The van der Waals surface area contributed by atoms with Crippen LogP contribution in [0, 0.1) is 22.7 Å². The van der Waals surface area contributed by atoms with Crippen molar-refractivity contribution in [3.63, 3.8) is 0 Å². The number of fused-ring (bicyclic) bond motifs is 6. The van der Waals surface area contributed by atoms with Crippen molar-refractivity contribution >= 4 is 38.8 Å². The quantitative estimate of drug-likeness (QED) is 0.199. The van der Waals surface area contributed by atoms with Crippen LogP contribution in [0.25, 0.3) is 72.4 Å². The summed E-state index contributed by atoms with van der Waals surface area (Å²) >= 11 is 0. The van der Waals surface area contributed by atoms with Gasteiger partial charge in [-0.3, -0.25) is 0 Å². The molecule has 9 rings (SSSR count). The molecule has 0 unspecified atom stereocenters. The van der Waals surface area contributed by atoms with E-state index in [1.807, 2.05) is 24.3 Å². The normalized spacial score (nSPS) is 12.3. The lowest BCUT2D eigenvalue weighted by Gasteiger charge is -2.18. The monoisotopic (exact) mass is 612 g/mol. The highest BCUT2D eigenvalue weighted by molar-refractivity contribution is 6.09. The number of hydrogen-bond acceptors (Lipinski definition) is 2. The summed E-state index contributed by atoms with van der Waals surface area (Å²) in [5.41, 5.74) is 12.9. The van der Waals surface area contributed by atoms with Crippen LogP contribution in [-0.4, -0.2) is 9.13 Å². The molecular formula is C44H28N4. The lowest BCUT2D eigenvalue weighted by Crippen LogP contribution is -2.04. The second kappa shape index (κ2) is 11.0. The maximum Gasteiger partial charge on any atom is 0.101 e. The summed E-state index contributed by atoms with van der Waals surface area (Å²) in [6, 6.07) is 51.2. The maximum absolute atomic E-state index is 10.4. The van der Waals surface area contributed by atoms with E-state index in [-0.39, 0.29) is 0 Å². The number of para-hydroxylation sites is 3. The number of aromatic nitrogens is 2. The van der Waals surface area contributed by atoms with Gasteiger partial charge in [0.1, 0.15) is 6.07 Å². The van der Waals surface area contributed by atoms with Crippen LogP contribution in [-0.2, 0) is 6.42 Å². The van der Waals surface area contributed by atoms with Gasteiger partial charge < -0.3 is 9.13 Å². The zero-order chi connectivity index (χ0) is 32.2. The first-order chi connectivity index (χ1) is 23.7. The molecule has 8 aromatic rings. The van der Waals surface area contributed by atoms with Crippen molar-refractivity contribution in [3.05, 3.63) is 162 Å². The third-order valence-electron chi connectivity index (χ3n) is 9.66. The van der Waals surface area contributed by atoms with Crippen LogP contribution in [0.4, 0.5) is 0 Å². The third-order valence-corrected chi connectivity index (χ3v) is 9.66. The van der Waals surface area contributed by atoms with E-state index in [1.54, 1.807) is 0 Å². The predicted molar refractivity (Wildman–Crippen MR) is 195 cm³/mol.